The van der Waals surface area contributed by atoms with Crippen LogP contribution in [0.25, 0.3) is 0 Å². The number of carboxylic acid groups (broad SMARTS) is 1. The average Bonchev–Trinajstić information content (AvgIpc) is 2.80. The van der Waals surface area contributed by atoms with Crippen LogP contribution in [0.2, 0.25) is 0 Å². The van der Waals surface area contributed by atoms with Crippen LogP contribution in [0.4, 0.5) is 4.79 Å². The number of aromatic nitrogens is 2. The lowest BCUT2D eigenvalue weighted by Gasteiger charge is -2.14. The molecule has 3 N–H and O–H groups in total. The molecule has 0 saturated carbocycles. The van der Waals surface area contributed by atoms with Gasteiger partial charge in [-0.25, -0.2) is 9.59 Å². The minimum absolute atomic E-state index is 0.391. The van der Waals surface area contributed by atoms with E-state index in [4.69, 9.17) is 5.11 Å². The Hall–Kier alpha value is -1.70. The molecule has 0 radical (unpaired) electrons. The summed E-state index contributed by atoms with van der Waals surface area (Å²) in [6, 6.07) is -1.32. The number of carbonyl (C=O) groups is 2. The topological polar surface area (TPSA) is 96.3 Å². The lowest BCUT2D eigenvalue weighted by molar-refractivity contribution is -0.139. The highest BCUT2D eigenvalue weighted by Crippen LogP contribution is 2.00. The van der Waals surface area contributed by atoms with Gasteiger partial charge in [-0.3, -0.25) is 4.68 Å². The second-order valence-corrected chi connectivity index (χ2v) is 5.34. The third-order valence-corrected chi connectivity index (χ3v) is 3.25. The summed E-state index contributed by atoms with van der Waals surface area (Å²) in [6.07, 6.45) is 5.91. The summed E-state index contributed by atoms with van der Waals surface area (Å²) < 4.78 is 1.72. The van der Waals surface area contributed by atoms with Crippen molar-refractivity contribution >= 4 is 23.8 Å². The molecule has 0 spiro atoms. The van der Waals surface area contributed by atoms with Crippen molar-refractivity contribution in [2.24, 2.45) is 0 Å². The fourth-order valence-electron chi connectivity index (χ4n) is 1.58. The second kappa shape index (κ2) is 8.47. The van der Waals surface area contributed by atoms with Gasteiger partial charge in [0, 0.05) is 12.7 Å². The lowest BCUT2D eigenvalue weighted by atomic mass is 10.2. The molecule has 0 aliphatic heterocycles. The maximum absolute atomic E-state index is 11.6. The highest BCUT2D eigenvalue weighted by Gasteiger charge is 2.18. The van der Waals surface area contributed by atoms with Crippen LogP contribution in [0.15, 0.2) is 12.4 Å². The number of nitrogens with zero attached hydrogens (tertiary/aromatic N) is 2. The van der Waals surface area contributed by atoms with E-state index in [1.54, 1.807) is 22.6 Å². The number of carbonyl (C=O) groups excluding carboxylic acids is 1. The van der Waals surface area contributed by atoms with Crippen molar-refractivity contribution < 1.29 is 14.7 Å². The van der Waals surface area contributed by atoms with Gasteiger partial charge in [0.15, 0.2) is 0 Å². The third kappa shape index (κ3) is 5.96. The van der Waals surface area contributed by atoms with E-state index < -0.39 is 18.0 Å². The van der Waals surface area contributed by atoms with Gasteiger partial charge < -0.3 is 15.7 Å². The van der Waals surface area contributed by atoms with Crippen molar-refractivity contribution in [3.8, 4) is 0 Å². The van der Waals surface area contributed by atoms with Crippen molar-refractivity contribution in [1.82, 2.24) is 20.4 Å². The third-order valence-electron chi connectivity index (χ3n) is 2.60. The molecule has 1 unspecified atom stereocenters. The first kappa shape index (κ1) is 16.4. The molecule has 2 amide bonds. The van der Waals surface area contributed by atoms with Crippen LogP contribution in [0.5, 0.6) is 0 Å². The van der Waals surface area contributed by atoms with Gasteiger partial charge in [0.25, 0.3) is 0 Å². The largest absolute Gasteiger partial charge is 0.480 e. The summed E-state index contributed by atoms with van der Waals surface area (Å²) >= 11 is 1.55. The Morgan fingerprint density at radius 2 is 2.30 bits per heavy atom. The predicted molar refractivity (Wildman–Crippen MR) is 77.9 cm³/mol. The molecule has 1 atom stereocenters. The van der Waals surface area contributed by atoms with E-state index in [0.29, 0.717) is 25.3 Å². The molecule has 1 aromatic heterocycles. The second-order valence-electron chi connectivity index (χ2n) is 4.35. The minimum atomic E-state index is -1.02. The smallest absolute Gasteiger partial charge is 0.326 e. The van der Waals surface area contributed by atoms with E-state index in [-0.39, 0.29) is 0 Å². The molecule has 0 aromatic carbocycles. The summed E-state index contributed by atoms with van der Waals surface area (Å²) in [5.74, 6) is -0.332. The molecular formula is C12H20N4O3S. The van der Waals surface area contributed by atoms with Gasteiger partial charge in [0.05, 0.1) is 12.7 Å². The van der Waals surface area contributed by atoms with E-state index in [0.717, 1.165) is 5.56 Å². The van der Waals surface area contributed by atoms with Crippen LogP contribution in [0, 0.1) is 6.92 Å². The standard InChI is InChI=1S/C12H20N4O3S/c1-9-7-14-16(8-9)5-4-13-12(19)15-10(11(17)18)3-6-20-2/h7-8,10H,3-6H2,1-2H3,(H,17,18)(H2,13,15,19). The van der Waals surface area contributed by atoms with Gasteiger partial charge in [-0.1, -0.05) is 0 Å². The summed E-state index contributed by atoms with van der Waals surface area (Å²) in [7, 11) is 0. The van der Waals surface area contributed by atoms with Crippen molar-refractivity contribution in [2.75, 3.05) is 18.6 Å². The van der Waals surface area contributed by atoms with Crippen LogP contribution in [-0.2, 0) is 11.3 Å². The van der Waals surface area contributed by atoms with E-state index in [1.807, 2.05) is 19.4 Å². The molecule has 1 aromatic rings. The van der Waals surface area contributed by atoms with Crippen LogP contribution in [0.1, 0.15) is 12.0 Å². The zero-order chi connectivity index (χ0) is 15.0. The Kier molecular flexibility index (Phi) is 6.92. The van der Waals surface area contributed by atoms with E-state index in [1.165, 1.54) is 0 Å². The van der Waals surface area contributed by atoms with E-state index in [9.17, 15) is 9.59 Å². The molecule has 0 saturated heterocycles. The summed E-state index contributed by atoms with van der Waals surface area (Å²) in [4.78, 5) is 22.6. The van der Waals surface area contributed by atoms with Crippen LogP contribution >= 0.6 is 11.8 Å². The molecule has 1 heterocycles. The zero-order valence-corrected chi connectivity index (χ0v) is 12.4. The van der Waals surface area contributed by atoms with Crippen molar-refractivity contribution in [2.45, 2.75) is 25.9 Å². The number of hydrogen-bond donors (Lipinski definition) is 3. The van der Waals surface area contributed by atoms with Crippen LogP contribution in [0.3, 0.4) is 0 Å². The van der Waals surface area contributed by atoms with Gasteiger partial charge in [-0.2, -0.15) is 16.9 Å². The molecule has 0 bridgehead atoms. The number of aliphatic carboxylic acids is 1. The van der Waals surface area contributed by atoms with Crippen LogP contribution in [-0.4, -0.2) is 51.5 Å². The number of amides is 2. The lowest BCUT2D eigenvalue weighted by Crippen LogP contribution is -2.46. The molecule has 7 nitrogen and oxygen atoms in total. The molecule has 0 aliphatic carbocycles. The van der Waals surface area contributed by atoms with E-state index in [2.05, 4.69) is 15.7 Å². The molecule has 112 valence electrons. The maximum Gasteiger partial charge on any atom is 0.326 e. The highest BCUT2D eigenvalue weighted by atomic mass is 32.2. The summed E-state index contributed by atoms with van der Waals surface area (Å²) in [6.45, 7) is 2.87. The molecule has 20 heavy (non-hydrogen) atoms. The molecular weight excluding hydrogens is 280 g/mol. The Morgan fingerprint density at radius 3 is 2.85 bits per heavy atom. The summed E-state index contributed by atoms with van der Waals surface area (Å²) in [5.41, 5.74) is 1.05. The van der Waals surface area contributed by atoms with Gasteiger partial charge in [0.1, 0.15) is 6.04 Å². The highest BCUT2D eigenvalue weighted by molar-refractivity contribution is 7.98. The Bertz CT molecular complexity index is 450. The van der Waals surface area contributed by atoms with Gasteiger partial charge >= 0.3 is 12.0 Å². The van der Waals surface area contributed by atoms with Gasteiger partial charge in [-0.15, -0.1) is 0 Å². The predicted octanol–water partition coefficient (Wildman–Crippen LogP) is 0.697. The fourth-order valence-corrected chi connectivity index (χ4v) is 2.05. The number of hydrogen-bond acceptors (Lipinski definition) is 4. The molecule has 0 fully saturated rings. The maximum atomic E-state index is 11.6. The molecule has 1 rings (SSSR count). The monoisotopic (exact) mass is 300 g/mol. The van der Waals surface area contributed by atoms with Gasteiger partial charge in [-0.05, 0) is 30.9 Å². The molecule has 8 heteroatoms. The number of nitrogens with one attached hydrogen (secondary N) is 2. The molecule has 0 aliphatic rings. The quantitative estimate of drug-likeness (QED) is 0.656. The van der Waals surface area contributed by atoms with Crippen molar-refractivity contribution in [3.63, 3.8) is 0 Å². The first-order valence-electron chi connectivity index (χ1n) is 6.28. The Morgan fingerprint density at radius 1 is 1.55 bits per heavy atom. The first-order valence-corrected chi connectivity index (χ1v) is 7.67. The zero-order valence-electron chi connectivity index (χ0n) is 11.6. The minimum Gasteiger partial charge on any atom is -0.480 e. The number of carboxylic acids is 1. The number of aryl methyl sites for hydroxylation is 1. The summed E-state index contributed by atoms with van der Waals surface area (Å²) in [5, 5.41) is 18.2. The normalized spacial score (nSPS) is 11.9. The first-order chi connectivity index (χ1) is 9.52. The fraction of sp³-hybridized carbons (Fsp3) is 0.583. The number of urea groups is 1. The van der Waals surface area contributed by atoms with E-state index >= 15 is 0 Å². The van der Waals surface area contributed by atoms with Crippen LogP contribution < -0.4 is 10.6 Å². The van der Waals surface area contributed by atoms with Crippen molar-refractivity contribution in [3.05, 3.63) is 18.0 Å². The number of thioether (sulfide) groups is 1. The number of rotatable bonds is 8. The van der Waals surface area contributed by atoms with Gasteiger partial charge in [0.2, 0.25) is 0 Å². The Labute approximate surface area is 122 Å². The average molecular weight is 300 g/mol. The SMILES string of the molecule is CSCCC(NC(=O)NCCn1cc(C)cn1)C(=O)O. The van der Waals surface area contributed by atoms with Crippen molar-refractivity contribution in [1.29, 1.82) is 0 Å². The Balaban J connectivity index is 2.28.